The molecule has 1 atom stereocenters. The van der Waals surface area contributed by atoms with Crippen LogP contribution in [0.5, 0.6) is 0 Å². The van der Waals surface area contributed by atoms with Crippen molar-refractivity contribution in [1.82, 2.24) is 4.90 Å². The summed E-state index contributed by atoms with van der Waals surface area (Å²) >= 11 is 0. The highest BCUT2D eigenvalue weighted by molar-refractivity contribution is 6.54. The van der Waals surface area contributed by atoms with E-state index in [-0.39, 0.29) is 29.8 Å². The van der Waals surface area contributed by atoms with Crippen LogP contribution in [0.1, 0.15) is 61.3 Å². The van der Waals surface area contributed by atoms with Gasteiger partial charge in [-0.1, -0.05) is 26.8 Å². The molecule has 130 valence electrons. The molecular formula is C17H30BNO4. The topological polar surface area (TPSA) is 59.0 Å². The Hall–Kier alpha value is -1.01. The summed E-state index contributed by atoms with van der Waals surface area (Å²) in [7, 11) is -0.376. The fourth-order valence-electron chi connectivity index (χ4n) is 3.14. The molecule has 0 spiro atoms. The maximum absolute atomic E-state index is 11.5. The van der Waals surface area contributed by atoms with Crippen LogP contribution in [0.3, 0.4) is 0 Å². The highest BCUT2D eigenvalue weighted by Gasteiger charge is 2.53. The van der Waals surface area contributed by atoms with Crippen LogP contribution in [0.2, 0.25) is 0 Å². The first-order valence-electron chi connectivity index (χ1n) is 8.36. The number of amides is 1. The predicted octanol–water partition coefficient (Wildman–Crippen LogP) is 3.73. The molecule has 1 fully saturated rings. The standard InChI is InChI=1S/C17H30BNO4/c1-15(2,3)11-13-10-12(8-9-19(13)14(20)21)18-22-16(4,5)17(6,7)23-18/h8,13H,9-11H2,1-7H3,(H,20,21)/t13-/m1/s1. The normalized spacial score (nSPS) is 27.1. The van der Waals surface area contributed by atoms with E-state index in [9.17, 15) is 9.90 Å². The van der Waals surface area contributed by atoms with Crippen molar-refractivity contribution in [1.29, 1.82) is 0 Å². The van der Waals surface area contributed by atoms with Gasteiger partial charge in [0.15, 0.2) is 0 Å². The minimum atomic E-state index is -0.858. The Morgan fingerprint density at radius 3 is 2.26 bits per heavy atom. The Bertz CT molecular complexity index is 491. The maximum atomic E-state index is 11.5. The van der Waals surface area contributed by atoms with Crippen molar-refractivity contribution < 1.29 is 19.2 Å². The van der Waals surface area contributed by atoms with Crippen molar-refractivity contribution in [2.24, 2.45) is 5.41 Å². The van der Waals surface area contributed by atoms with Crippen LogP contribution < -0.4 is 0 Å². The van der Waals surface area contributed by atoms with Crippen LogP contribution in [0, 0.1) is 5.41 Å². The lowest BCUT2D eigenvalue weighted by atomic mass is 9.71. The predicted molar refractivity (Wildman–Crippen MR) is 91.4 cm³/mol. The molecule has 6 heteroatoms. The van der Waals surface area contributed by atoms with Gasteiger partial charge in [0.1, 0.15) is 0 Å². The second-order valence-corrected chi connectivity index (χ2v) is 8.92. The van der Waals surface area contributed by atoms with E-state index in [1.54, 1.807) is 0 Å². The molecule has 0 aromatic rings. The molecule has 2 aliphatic rings. The van der Waals surface area contributed by atoms with Gasteiger partial charge in [-0.2, -0.15) is 0 Å². The molecule has 23 heavy (non-hydrogen) atoms. The molecule has 0 radical (unpaired) electrons. The average Bonchev–Trinajstić information content (AvgIpc) is 2.56. The summed E-state index contributed by atoms with van der Waals surface area (Å²) in [5.74, 6) is 0. The summed E-state index contributed by atoms with van der Waals surface area (Å²) in [4.78, 5) is 13.0. The minimum Gasteiger partial charge on any atom is -0.465 e. The van der Waals surface area contributed by atoms with Crippen LogP contribution in [0.15, 0.2) is 11.5 Å². The van der Waals surface area contributed by atoms with E-state index in [2.05, 4.69) is 20.8 Å². The van der Waals surface area contributed by atoms with E-state index in [1.165, 1.54) is 4.90 Å². The molecule has 5 nitrogen and oxygen atoms in total. The number of rotatable bonds is 2. The first-order chi connectivity index (χ1) is 10.3. The Morgan fingerprint density at radius 2 is 1.83 bits per heavy atom. The number of nitrogens with zero attached hydrogens (tertiary/aromatic N) is 1. The third-order valence-electron chi connectivity index (χ3n) is 5.11. The molecule has 1 saturated heterocycles. The molecule has 1 amide bonds. The lowest BCUT2D eigenvalue weighted by Gasteiger charge is -2.37. The monoisotopic (exact) mass is 323 g/mol. The van der Waals surface area contributed by atoms with Gasteiger partial charge in [0.2, 0.25) is 0 Å². The molecule has 1 N–H and O–H groups in total. The van der Waals surface area contributed by atoms with Gasteiger partial charge in [0.05, 0.1) is 11.2 Å². The zero-order valence-corrected chi connectivity index (χ0v) is 15.5. The van der Waals surface area contributed by atoms with Crippen molar-refractivity contribution in [2.45, 2.75) is 78.6 Å². The van der Waals surface area contributed by atoms with Crippen LogP contribution in [-0.2, 0) is 9.31 Å². The van der Waals surface area contributed by atoms with Gasteiger partial charge < -0.3 is 19.3 Å². The van der Waals surface area contributed by atoms with Crippen LogP contribution in [0.25, 0.3) is 0 Å². The minimum absolute atomic E-state index is 0.0356. The molecule has 0 unspecified atom stereocenters. The van der Waals surface area contributed by atoms with Gasteiger partial charge in [-0.15, -0.1) is 0 Å². The lowest BCUT2D eigenvalue weighted by molar-refractivity contribution is 0.00578. The molecule has 2 heterocycles. The highest BCUT2D eigenvalue weighted by atomic mass is 16.7. The first-order valence-corrected chi connectivity index (χ1v) is 8.36. The van der Waals surface area contributed by atoms with Crippen molar-refractivity contribution in [3.05, 3.63) is 11.5 Å². The second-order valence-electron chi connectivity index (χ2n) is 8.92. The van der Waals surface area contributed by atoms with E-state index in [4.69, 9.17) is 9.31 Å². The zero-order valence-electron chi connectivity index (χ0n) is 15.5. The van der Waals surface area contributed by atoms with Gasteiger partial charge in [-0.3, -0.25) is 0 Å². The third kappa shape index (κ3) is 3.91. The van der Waals surface area contributed by atoms with Crippen molar-refractivity contribution in [3.8, 4) is 0 Å². The molecule has 0 bridgehead atoms. The van der Waals surface area contributed by atoms with Crippen LogP contribution >= 0.6 is 0 Å². The van der Waals surface area contributed by atoms with Gasteiger partial charge >= 0.3 is 13.2 Å². The van der Waals surface area contributed by atoms with E-state index in [0.29, 0.717) is 13.0 Å². The maximum Gasteiger partial charge on any atom is 0.490 e. The third-order valence-corrected chi connectivity index (χ3v) is 5.11. The smallest absolute Gasteiger partial charge is 0.465 e. The van der Waals surface area contributed by atoms with Gasteiger partial charge in [0.25, 0.3) is 0 Å². The summed E-state index contributed by atoms with van der Waals surface area (Å²) in [6, 6.07) is -0.0356. The first kappa shape index (κ1) is 18.3. The van der Waals surface area contributed by atoms with Crippen molar-refractivity contribution in [3.63, 3.8) is 0 Å². The summed E-state index contributed by atoms with van der Waals surface area (Å²) in [5, 5.41) is 9.46. The molecule has 0 aromatic carbocycles. The zero-order chi connectivity index (χ0) is 17.6. The quantitative estimate of drug-likeness (QED) is 0.787. The fourth-order valence-corrected chi connectivity index (χ4v) is 3.14. The Kier molecular flexibility index (Phi) is 4.64. The van der Waals surface area contributed by atoms with Crippen molar-refractivity contribution >= 4 is 13.2 Å². The average molecular weight is 323 g/mol. The number of hydrogen-bond donors (Lipinski definition) is 1. The summed E-state index contributed by atoms with van der Waals surface area (Å²) in [5.41, 5.74) is 0.385. The Labute approximate surface area is 140 Å². The second kappa shape index (κ2) is 5.81. The highest BCUT2D eigenvalue weighted by Crippen LogP contribution is 2.40. The number of hydrogen-bond acceptors (Lipinski definition) is 3. The number of carboxylic acid groups (broad SMARTS) is 1. The van der Waals surface area contributed by atoms with Gasteiger partial charge in [-0.05, 0) is 51.4 Å². The van der Waals surface area contributed by atoms with E-state index < -0.39 is 6.09 Å². The van der Waals surface area contributed by atoms with Gasteiger partial charge in [0, 0.05) is 12.6 Å². The molecule has 0 aromatic heterocycles. The number of carbonyl (C=O) groups is 1. The molecular weight excluding hydrogens is 293 g/mol. The van der Waals surface area contributed by atoms with E-state index in [0.717, 1.165) is 11.9 Å². The summed E-state index contributed by atoms with van der Waals surface area (Å²) < 4.78 is 12.2. The molecule has 2 rings (SSSR count). The van der Waals surface area contributed by atoms with Gasteiger partial charge in [-0.25, -0.2) is 4.79 Å². The Balaban J connectivity index is 2.18. The van der Waals surface area contributed by atoms with Crippen LogP contribution in [-0.4, -0.2) is 47.0 Å². The fraction of sp³-hybridized carbons (Fsp3) is 0.824. The summed E-state index contributed by atoms with van der Waals surface area (Å²) in [6.07, 6.45) is 2.58. The van der Waals surface area contributed by atoms with E-state index in [1.807, 2.05) is 33.8 Å². The Morgan fingerprint density at radius 1 is 1.30 bits per heavy atom. The SMILES string of the molecule is CC(C)(C)C[C@H]1CC(B2OC(C)(C)C(C)(C)O2)=CCN1C(=O)O. The largest absolute Gasteiger partial charge is 0.490 e. The molecule has 2 aliphatic heterocycles. The molecule has 0 aliphatic carbocycles. The summed E-state index contributed by atoms with van der Waals surface area (Å²) in [6.45, 7) is 15.0. The lowest BCUT2D eigenvalue weighted by Crippen LogP contribution is -2.46. The van der Waals surface area contributed by atoms with E-state index >= 15 is 0 Å². The van der Waals surface area contributed by atoms with Crippen LogP contribution in [0.4, 0.5) is 4.79 Å². The molecule has 0 saturated carbocycles. The van der Waals surface area contributed by atoms with Crippen molar-refractivity contribution in [2.75, 3.05) is 6.54 Å².